The third-order valence-electron chi connectivity index (χ3n) is 3.64. The van der Waals surface area contributed by atoms with Crippen molar-refractivity contribution in [3.8, 4) is 0 Å². The van der Waals surface area contributed by atoms with Crippen LogP contribution in [0.5, 0.6) is 0 Å². The molecule has 0 atom stereocenters. The molecular weight excluding hydrogens is 260 g/mol. The summed E-state index contributed by atoms with van der Waals surface area (Å²) in [6, 6.07) is 10.3. The summed E-state index contributed by atoms with van der Waals surface area (Å²) in [6.45, 7) is 4.95. The molecule has 0 aliphatic heterocycles. The lowest BCUT2D eigenvalue weighted by atomic mass is 10.1. The highest BCUT2D eigenvalue weighted by Gasteiger charge is 2.07. The van der Waals surface area contributed by atoms with E-state index in [9.17, 15) is 0 Å². The number of para-hydroxylation sites is 1. The first-order valence-corrected chi connectivity index (χ1v) is 7.29. The number of rotatable bonds is 4. The van der Waals surface area contributed by atoms with Gasteiger partial charge in [0.2, 0.25) is 0 Å². The lowest BCUT2D eigenvalue weighted by Crippen LogP contribution is -2.02. The molecule has 3 rings (SSSR count). The number of pyridine rings is 1. The van der Waals surface area contributed by atoms with Crippen LogP contribution in [0.3, 0.4) is 0 Å². The van der Waals surface area contributed by atoms with E-state index in [0.717, 1.165) is 40.9 Å². The average molecular weight is 280 g/mol. The second-order valence-electron chi connectivity index (χ2n) is 5.31. The smallest absolute Gasteiger partial charge is 0.0725 e. The van der Waals surface area contributed by atoms with Crippen LogP contribution < -0.4 is 5.32 Å². The predicted molar refractivity (Wildman–Crippen MR) is 86.4 cm³/mol. The van der Waals surface area contributed by atoms with Crippen LogP contribution in [0.25, 0.3) is 10.9 Å². The van der Waals surface area contributed by atoms with Crippen molar-refractivity contribution in [2.24, 2.45) is 7.05 Å². The molecule has 21 heavy (non-hydrogen) atoms. The number of aromatic nitrogens is 3. The van der Waals surface area contributed by atoms with E-state index in [-0.39, 0.29) is 0 Å². The quantitative estimate of drug-likeness (QED) is 0.796. The Morgan fingerprint density at radius 3 is 2.86 bits per heavy atom. The molecule has 0 bridgehead atoms. The first-order chi connectivity index (χ1) is 10.2. The standard InChI is InChI=1S/C17H20N4/c1-4-15-13(11-21(3)20-15)10-18-17-9-12(2)19-16-8-6-5-7-14(16)17/h5-9,11H,4,10H2,1-3H3,(H,18,19). The van der Waals surface area contributed by atoms with Crippen LogP contribution in [0.4, 0.5) is 5.69 Å². The Kier molecular flexibility index (Phi) is 3.60. The van der Waals surface area contributed by atoms with Gasteiger partial charge in [0.1, 0.15) is 0 Å². The average Bonchev–Trinajstić information content (AvgIpc) is 2.84. The molecule has 0 amide bonds. The van der Waals surface area contributed by atoms with Crippen molar-refractivity contribution in [3.05, 3.63) is 53.5 Å². The molecule has 2 aromatic heterocycles. The van der Waals surface area contributed by atoms with Gasteiger partial charge in [-0.3, -0.25) is 9.67 Å². The summed E-state index contributed by atoms with van der Waals surface area (Å²) < 4.78 is 1.88. The highest BCUT2D eigenvalue weighted by Crippen LogP contribution is 2.23. The largest absolute Gasteiger partial charge is 0.380 e. The zero-order valence-corrected chi connectivity index (χ0v) is 12.7. The first-order valence-electron chi connectivity index (χ1n) is 7.29. The van der Waals surface area contributed by atoms with Crippen LogP contribution in [0.15, 0.2) is 36.5 Å². The molecule has 0 aliphatic rings. The zero-order valence-electron chi connectivity index (χ0n) is 12.7. The number of anilines is 1. The Bertz CT molecular complexity index is 774. The molecule has 108 valence electrons. The first kappa shape index (κ1) is 13.6. The number of hydrogen-bond donors (Lipinski definition) is 1. The van der Waals surface area contributed by atoms with Crippen LogP contribution >= 0.6 is 0 Å². The Labute approximate surface area is 124 Å². The highest BCUT2D eigenvalue weighted by molar-refractivity contribution is 5.91. The Morgan fingerprint density at radius 2 is 2.05 bits per heavy atom. The second-order valence-corrected chi connectivity index (χ2v) is 5.31. The van der Waals surface area contributed by atoms with E-state index in [4.69, 9.17) is 0 Å². The van der Waals surface area contributed by atoms with Gasteiger partial charge in [-0.1, -0.05) is 25.1 Å². The molecule has 0 unspecified atom stereocenters. The molecule has 0 saturated heterocycles. The van der Waals surface area contributed by atoms with Gasteiger partial charge in [-0.05, 0) is 25.5 Å². The van der Waals surface area contributed by atoms with Gasteiger partial charge in [0, 0.05) is 42.1 Å². The van der Waals surface area contributed by atoms with E-state index in [1.54, 1.807) is 0 Å². The highest BCUT2D eigenvalue weighted by atomic mass is 15.3. The topological polar surface area (TPSA) is 42.7 Å². The minimum absolute atomic E-state index is 0.782. The molecule has 2 heterocycles. The summed E-state index contributed by atoms with van der Waals surface area (Å²) in [5.74, 6) is 0. The number of nitrogens with zero attached hydrogens (tertiary/aromatic N) is 3. The van der Waals surface area contributed by atoms with Gasteiger partial charge < -0.3 is 5.32 Å². The molecule has 0 spiro atoms. The van der Waals surface area contributed by atoms with E-state index < -0.39 is 0 Å². The molecule has 3 aromatic rings. The third kappa shape index (κ3) is 2.75. The summed E-state index contributed by atoms with van der Waals surface area (Å²) in [6.07, 6.45) is 3.04. The van der Waals surface area contributed by atoms with E-state index in [2.05, 4.69) is 46.7 Å². The lowest BCUT2D eigenvalue weighted by Gasteiger charge is -2.10. The minimum Gasteiger partial charge on any atom is -0.380 e. The third-order valence-corrected chi connectivity index (χ3v) is 3.64. The molecule has 0 aliphatic carbocycles. The normalized spacial score (nSPS) is 11.0. The van der Waals surface area contributed by atoms with Crippen LogP contribution in [0.1, 0.15) is 23.9 Å². The van der Waals surface area contributed by atoms with Crippen LogP contribution in [-0.4, -0.2) is 14.8 Å². The number of benzene rings is 1. The van der Waals surface area contributed by atoms with Crippen molar-refractivity contribution >= 4 is 16.6 Å². The molecule has 0 saturated carbocycles. The van der Waals surface area contributed by atoms with Gasteiger partial charge in [0.05, 0.1) is 11.2 Å². The van der Waals surface area contributed by atoms with E-state index in [0.29, 0.717) is 0 Å². The van der Waals surface area contributed by atoms with Crippen LogP contribution in [0.2, 0.25) is 0 Å². The number of fused-ring (bicyclic) bond motifs is 1. The molecule has 0 radical (unpaired) electrons. The van der Waals surface area contributed by atoms with Gasteiger partial charge in [-0.2, -0.15) is 5.10 Å². The molecule has 1 aromatic carbocycles. The van der Waals surface area contributed by atoms with E-state index in [1.165, 1.54) is 5.56 Å². The van der Waals surface area contributed by atoms with Gasteiger partial charge in [-0.15, -0.1) is 0 Å². The van der Waals surface area contributed by atoms with Gasteiger partial charge >= 0.3 is 0 Å². The summed E-state index contributed by atoms with van der Waals surface area (Å²) in [5.41, 5.74) is 5.59. The summed E-state index contributed by atoms with van der Waals surface area (Å²) in [7, 11) is 1.97. The summed E-state index contributed by atoms with van der Waals surface area (Å²) >= 11 is 0. The second kappa shape index (κ2) is 5.56. The summed E-state index contributed by atoms with van der Waals surface area (Å²) in [5, 5.41) is 9.18. The molecule has 1 N–H and O–H groups in total. The van der Waals surface area contributed by atoms with Crippen LogP contribution in [-0.2, 0) is 20.0 Å². The Morgan fingerprint density at radius 1 is 1.24 bits per heavy atom. The molecular formula is C17H20N4. The minimum atomic E-state index is 0.782. The molecule has 0 fully saturated rings. The fourth-order valence-corrected chi connectivity index (χ4v) is 2.67. The Hall–Kier alpha value is -2.36. The maximum absolute atomic E-state index is 4.57. The Balaban J connectivity index is 1.91. The van der Waals surface area contributed by atoms with Crippen molar-refractivity contribution < 1.29 is 0 Å². The number of aryl methyl sites for hydroxylation is 3. The van der Waals surface area contributed by atoms with Crippen LogP contribution in [0, 0.1) is 6.92 Å². The van der Waals surface area contributed by atoms with Crippen molar-refractivity contribution in [1.82, 2.24) is 14.8 Å². The van der Waals surface area contributed by atoms with Crippen molar-refractivity contribution in [1.29, 1.82) is 0 Å². The SMILES string of the molecule is CCc1nn(C)cc1CNc1cc(C)nc2ccccc12. The zero-order chi connectivity index (χ0) is 14.8. The fourth-order valence-electron chi connectivity index (χ4n) is 2.67. The number of nitrogens with one attached hydrogen (secondary N) is 1. The van der Waals surface area contributed by atoms with E-state index in [1.807, 2.05) is 30.8 Å². The van der Waals surface area contributed by atoms with Crippen molar-refractivity contribution in [3.63, 3.8) is 0 Å². The maximum atomic E-state index is 4.57. The molecule has 4 heteroatoms. The lowest BCUT2D eigenvalue weighted by molar-refractivity contribution is 0.746. The van der Waals surface area contributed by atoms with Gasteiger partial charge in [-0.25, -0.2) is 0 Å². The fraction of sp³-hybridized carbons (Fsp3) is 0.294. The monoisotopic (exact) mass is 280 g/mol. The maximum Gasteiger partial charge on any atom is 0.0725 e. The molecule has 4 nitrogen and oxygen atoms in total. The van der Waals surface area contributed by atoms with Gasteiger partial charge in [0.15, 0.2) is 0 Å². The van der Waals surface area contributed by atoms with E-state index >= 15 is 0 Å². The van der Waals surface area contributed by atoms with Gasteiger partial charge in [0.25, 0.3) is 0 Å². The van der Waals surface area contributed by atoms with Crippen molar-refractivity contribution in [2.75, 3.05) is 5.32 Å². The predicted octanol–water partition coefficient (Wildman–Crippen LogP) is 3.45. The summed E-state index contributed by atoms with van der Waals surface area (Å²) in [4.78, 5) is 4.57. The number of hydrogen-bond acceptors (Lipinski definition) is 3. The van der Waals surface area contributed by atoms with Crippen molar-refractivity contribution in [2.45, 2.75) is 26.8 Å².